The molecule has 0 aromatic carbocycles. The second-order valence-electron chi connectivity index (χ2n) is 24.7. The van der Waals surface area contributed by atoms with Crippen molar-refractivity contribution in [3.8, 4) is 0 Å². The molecule has 0 bridgehead atoms. The summed E-state index contributed by atoms with van der Waals surface area (Å²) < 4.78 is 60.9. The van der Waals surface area contributed by atoms with Crippen molar-refractivity contribution in [1.82, 2.24) is 0 Å². The van der Waals surface area contributed by atoms with Crippen LogP contribution in [0, 0.1) is 0 Å². The Bertz CT molecular complexity index is 2040. The van der Waals surface area contributed by atoms with Crippen LogP contribution in [0.3, 0.4) is 0 Å². The van der Waals surface area contributed by atoms with Gasteiger partial charge in [0.15, 0.2) is 6.10 Å². The van der Waals surface area contributed by atoms with Gasteiger partial charge in [-0.1, -0.05) is 292 Å². The van der Waals surface area contributed by atoms with Gasteiger partial charge >= 0.3 is 33.6 Å². The molecule has 0 amide bonds. The molecule has 5 atom stereocenters. The second kappa shape index (κ2) is 68.7. The highest BCUT2D eigenvalue weighted by Crippen LogP contribution is 2.45. The molecule has 93 heavy (non-hydrogen) atoms. The maximum Gasteiger partial charge on any atom is 0.472 e. The SMILES string of the molecule is CC/C=C\C/C=C\C/C=C\C/C=C\C/C=C\C/C=C\CCCCCCCCCCCCCCC(=O)OCC(O)COP(=O)(O)OCC(O)COP(=O)(O)OCC(COC(=O)CCCCCCCCCCCCCCCCC)OC(=O)CCCCCCC/C=C\CCCC. The van der Waals surface area contributed by atoms with E-state index in [9.17, 15) is 43.5 Å². The van der Waals surface area contributed by atoms with E-state index in [0.717, 1.165) is 122 Å². The maximum absolute atomic E-state index is 12.9. The first kappa shape index (κ1) is 89.7. The predicted octanol–water partition coefficient (Wildman–Crippen LogP) is 20.9. The van der Waals surface area contributed by atoms with Gasteiger partial charge in [-0.05, 0) is 89.9 Å². The van der Waals surface area contributed by atoms with E-state index in [2.05, 4.69) is 106 Å². The van der Waals surface area contributed by atoms with Gasteiger partial charge in [-0.3, -0.25) is 32.5 Å². The minimum Gasteiger partial charge on any atom is -0.463 e. The molecule has 0 aliphatic carbocycles. The predicted molar refractivity (Wildman–Crippen MR) is 381 cm³/mol. The number of aliphatic hydroxyl groups is 2. The topological polar surface area (TPSA) is 231 Å². The van der Waals surface area contributed by atoms with Crippen molar-refractivity contribution in [2.24, 2.45) is 0 Å². The fourth-order valence-corrected chi connectivity index (χ4v) is 11.6. The molecule has 18 heteroatoms. The average Bonchev–Trinajstić information content (AvgIpc) is 2.38. The molecule has 540 valence electrons. The van der Waals surface area contributed by atoms with Gasteiger partial charge in [0.2, 0.25) is 0 Å². The third-order valence-electron chi connectivity index (χ3n) is 15.6. The van der Waals surface area contributed by atoms with Crippen LogP contribution in [0.5, 0.6) is 0 Å². The number of hydrogen-bond acceptors (Lipinski definition) is 14. The lowest BCUT2D eigenvalue weighted by atomic mass is 10.0. The van der Waals surface area contributed by atoms with Crippen LogP contribution >= 0.6 is 15.6 Å². The Hall–Kier alpha value is -3.27. The molecule has 0 aromatic heterocycles. The van der Waals surface area contributed by atoms with Gasteiger partial charge in [-0.15, -0.1) is 0 Å². The Labute approximate surface area is 565 Å². The Balaban J connectivity index is 4.36. The van der Waals surface area contributed by atoms with Crippen LogP contribution in [0.25, 0.3) is 0 Å². The molecule has 4 N–H and O–H groups in total. The summed E-state index contributed by atoms with van der Waals surface area (Å²) in [6.07, 6.45) is 75.1. The number of allylic oxidation sites excluding steroid dienone is 14. The van der Waals surface area contributed by atoms with Crippen LogP contribution in [0.4, 0.5) is 0 Å². The molecule has 0 aliphatic rings. The first-order chi connectivity index (χ1) is 45.2. The Morgan fingerprint density at radius 3 is 0.946 bits per heavy atom. The highest BCUT2D eigenvalue weighted by atomic mass is 31.2. The van der Waals surface area contributed by atoms with Gasteiger partial charge in [0.05, 0.1) is 26.4 Å². The minimum absolute atomic E-state index is 0.0982. The highest BCUT2D eigenvalue weighted by molar-refractivity contribution is 7.47. The van der Waals surface area contributed by atoms with E-state index in [-0.39, 0.29) is 19.3 Å². The van der Waals surface area contributed by atoms with Crippen molar-refractivity contribution < 1.29 is 75.8 Å². The number of carbonyl (C=O) groups excluding carboxylic acids is 3. The molecule has 16 nitrogen and oxygen atoms in total. The van der Waals surface area contributed by atoms with E-state index in [4.69, 9.17) is 32.3 Å². The molecule has 0 saturated carbocycles. The lowest BCUT2D eigenvalue weighted by Gasteiger charge is -2.21. The summed E-state index contributed by atoms with van der Waals surface area (Å²) >= 11 is 0. The highest BCUT2D eigenvalue weighted by Gasteiger charge is 2.29. The van der Waals surface area contributed by atoms with Crippen molar-refractivity contribution in [3.63, 3.8) is 0 Å². The molecule has 0 rings (SSSR count). The number of phosphoric ester groups is 2. The number of unbranched alkanes of at least 4 members (excludes halogenated alkanes) is 33. The summed E-state index contributed by atoms with van der Waals surface area (Å²) in [6.45, 7) is 2.54. The fraction of sp³-hybridized carbons (Fsp3) is 0.773. The molecule has 0 radical (unpaired) electrons. The molecule has 5 unspecified atom stereocenters. The van der Waals surface area contributed by atoms with Gasteiger partial charge < -0.3 is 34.2 Å². The number of phosphoric acid groups is 2. The first-order valence-electron chi connectivity index (χ1n) is 36.9. The molecular weight excluding hydrogens is 1220 g/mol. The van der Waals surface area contributed by atoms with Crippen molar-refractivity contribution in [1.29, 1.82) is 0 Å². The van der Waals surface area contributed by atoms with Gasteiger partial charge in [-0.2, -0.15) is 0 Å². The van der Waals surface area contributed by atoms with E-state index in [0.29, 0.717) is 19.3 Å². The van der Waals surface area contributed by atoms with Crippen molar-refractivity contribution in [2.75, 3.05) is 39.6 Å². The minimum atomic E-state index is -4.92. The fourth-order valence-electron chi connectivity index (χ4n) is 9.97. The van der Waals surface area contributed by atoms with Crippen LogP contribution in [-0.2, 0) is 55.8 Å². The van der Waals surface area contributed by atoms with Gasteiger partial charge in [0, 0.05) is 19.3 Å². The van der Waals surface area contributed by atoms with E-state index >= 15 is 0 Å². The van der Waals surface area contributed by atoms with Crippen LogP contribution in [0.2, 0.25) is 0 Å². The lowest BCUT2D eigenvalue weighted by molar-refractivity contribution is -0.161. The molecule has 0 saturated heterocycles. The van der Waals surface area contributed by atoms with Crippen molar-refractivity contribution in [3.05, 3.63) is 85.1 Å². The lowest BCUT2D eigenvalue weighted by Crippen LogP contribution is -2.30. The van der Waals surface area contributed by atoms with E-state index in [1.165, 1.54) is 135 Å². The summed E-state index contributed by atoms with van der Waals surface area (Å²) in [7, 11) is -9.76. The largest absolute Gasteiger partial charge is 0.472 e. The number of hydrogen-bond donors (Lipinski definition) is 4. The standard InChI is InChI=1S/C75H134O16P2/c1-4-7-10-13-16-19-22-24-26-27-28-29-30-31-32-33-34-35-36-37-38-39-40-41-43-45-47-49-52-55-58-61-73(78)85-64-70(76)65-87-92(81,82)88-66-71(77)67-89-93(83,84)90-69-72(91-75(80)63-60-57-54-51-46-21-18-15-12-9-6-3)68-86-74(79)62-59-56-53-50-48-44-42-25-23-20-17-14-11-8-5-2/h7,10,15-16,18-19,24,26,28-29,31-32,34-35,70-72,76-77H,4-6,8-9,11-14,17,20-23,25,27,30,33,36-69H2,1-3H3,(H,81,82)(H,83,84)/b10-7-,18-15-,19-16-,26-24-,29-28-,32-31-,35-34-. The van der Waals surface area contributed by atoms with Crippen molar-refractivity contribution in [2.45, 2.75) is 334 Å². The zero-order valence-electron chi connectivity index (χ0n) is 58.7. The Kier molecular flexibility index (Phi) is 66.2. The molecule has 0 aromatic rings. The normalized spacial score (nSPS) is 14.6. The number of ether oxygens (including phenoxy) is 3. The molecule has 0 heterocycles. The van der Waals surface area contributed by atoms with Crippen LogP contribution in [0.1, 0.15) is 316 Å². The van der Waals surface area contributed by atoms with Gasteiger partial charge in [-0.25, -0.2) is 9.13 Å². The van der Waals surface area contributed by atoms with Gasteiger partial charge in [0.1, 0.15) is 25.4 Å². The molecular formula is C75H134O16P2. The maximum atomic E-state index is 12.9. The van der Waals surface area contributed by atoms with Crippen LogP contribution in [0.15, 0.2) is 85.1 Å². The monoisotopic (exact) mass is 1350 g/mol. The smallest absolute Gasteiger partial charge is 0.463 e. The third-order valence-corrected chi connectivity index (χ3v) is 17.5. The Morgan fingerprint density at radius 1 is 0.312 bits per heavy atom. The summed E-state index contributed by atoms with van der Waals surface area (Å²) in [5.41, 5.74) is 0. The summed E-state index contributed by atoms with van der Waals surface area (Å²) in [5, 5.41) is 20.6. The van der Waals surface area contributed by atoms with Gasteiger partial charge in [0.25, 0.3) is 0 Å². The second-order valence-corrected chi connectivity index (χ2v) is 27.6. The zero-order valence-corrected chi connectivity index (χ0v) is 60.5. The van der Waals surface area contributed by atoms with E-state index in [1.54, 1.807) is 0 Å². The molecule has 0 fully saturated rings. The van der Waals surface area contributed by atoms with Crippen molar-refractivity contribution >= 4 is 33.6 Å². The summed E-state index contributed by atoms with van der Waals surface area (Å²) in [5.74, 6) is -1.57. The number of carbonyl (C=O) groups is 3. The summed E-state index contributed by atoms with van der Waals surface area (Å²) in [6, 6.07) is 0. The third kappa shape index (κ3) is 69.9. The average molecular weight is 1350 g/mol. The number of rotatable bonds is 70. The number of esters is 3. The zero-order chi connectivity index (χ0) is 68.1. The quantitative estimate of drug-likeness (QED) is 0.0146. The van der Waals surface area contributed by atoms with Crippen LogP contribution in [-0.4, -0.2) is 95.9 Å². The van der Waals surface area contributed by atoms with E-state index < -0.39 is 91.5 Å². The first-order valence-corrected chi connectivity index (χ1v) is 39.9. The van der Waals surface area contributed by atoms with Crippen LogP contribution < -0.4 is 0 Å². The molecule has 0 spiro atoms. The van der Waals surface area contributed by atoms with E-state index in [1.807, 2.05) is 0 Å². The molecule has 0 aliphatic heterocycles. The summed E-state index contributed by atoms with van der Waals surface area (Å²) in [4.78, 5) is 58.3. The Morgan fingerprint density at radius 2 is 0.581 bits per heavy atom. The number of aliphatic hydroxyl groups excluding tert-OH is 2.